The van der Waals surface area contributed by atoms with Gasteiger partial charge in [-0.3, -0.25) is 4.79 Å². The number of hydrogen-bond donors (Lipinski definition) is 2. The largest absolute Gasteiger partial charge is 0.353 e. The smallest absolute Gasteiger partial charge is 0.223 e. The van der Waals surface area contributed by atoms with E-state index in [4.69, 9.17) is 0 Å². The van der Waals surface area contributed by atoms with Gasteiger partial charge in [0.1, 0.15) is 0 Å². The molecule has 0 saturated heterocycles. The number of H-pyrrole nitrogens is 1. The molecule has 4 nitrogen and oxygen atoms in total. The Morgan fingerprint density at radius 1 is 1.35 bits per heavy atom. The molecule has 1 aromatic rings. The molecule has 4 heteroatoms. The molecule has 0 spiro atoms. The van der Waals surface area contributed by atoms with Gasteiger partial charge in [0.15, 0.2) is 0 Å². The molecule has 1 fully saturated rings. The third kappa shape index (κ3) is 2.89. The standard InChI is InChI=1S/C16H25N3O/c1-11(12-5-3-2-4-6-12)16(20)19-13-7-8-14-15(9-13)18-10-17-14/h10-13H,2-9H2,1H3,(H,17,18)(H,19,20). The van der Waals surface area contributed by atoms with Crippen molar-refractivity contribution in [1.82, 2.24) is 15.3 Å². The quantitative estimate of drug-likeness (QED) is 0.891. The number of imidazole rings is 1. The van der Waals surface area contributed by atoms with Gasteiger partial charge in [0.2, 0.25) is 5.91 Å². The van der Waals surface area contributed by atoms with E-state index in [0.717, 1.165) is 19.3 Å². The molecule has 0 radical (unpaired) electrons. The summed E-state index contributed by atoms with van der Waals surface area (Å²) in [6, 6.07) is 0.279. The van der Waals surface area contributed by atoms with Crippen molar-refractivity contribution in [2.75, 3.05) is 0 Å². The Morgan fingerprint density at radius 3 is 2.95 bits per heavy atom. The van der Waals surface area contributed by atoms with Crippen LogP contribution < -0.4 is 5.32 Å². The fraction of sp³-hybridized carbons (Fsp3) is 0.750. The first-order chi connectivity index (χ1) is 9.74. The molecule has 0 aromatic carbocycles. The number of nitrogens with zero attached hydrogens (tertiary/aromatic N) is 1. The molecule has 2 atom stereocenters. The summed E-state index contributed by atoms with van der Waals surface area (Å²) in [5, 5.41) is 3.26. The summed E-state index contributed by atoms with van der Waals surface area (Å²) in [4.78, 5) is 19.9. The first kappa shape index (κ1) is 13.7. The maximum absolute atomic E-state index is 12.4. The van der Waals surface area contributed by atoms with Gasteiger partial charge in [-0.1, -0.05) is 26.2 Å². The second-order valence-corrected chi connectivity index (χ2v) is 6.46. The SMILES string of the molecule is CC(C(=O)NC1CCc2nc[nH]c2C1)C1CCCCC1. The van der Waals surface area contributed by atoms with E-state index in [0.29, 0.717) is 5.92 Å². The number of aromatic nitrogens is 2. The monoisotopic (exact) mass is 275 g/mol. The van der Waals surface area contributed by atoms with E-state index in [2.05, 4.69) is 22.2 Å². The average Bonchev–Trinajstić information content (AvgIpc) is 2.95. The van der Waals surface area contributed by atoms with Gasteiger partial charge in [-0.05, 0) is 31.6 Å². The van der Waals surface area contributed by atoms with Crippen molar-refractivity contribution < 1.29 is 4.79 Å². The summed E-state index contributed by atoms with van der Waals surface area (Å²) in [6.07, 6.45) is 11.0. The lowest BCUT2D eigenvalue weighted by molar-refractivity contribution is -0.127. The van der Waals surface area contributed by atoms with Crippen LogP contribution in [-0.2, 0) is 17.6 Å². The van der Waals surface area contributed by atoms with Crippen LogP contribution in [0.2, 0.25) is 0 Å². The Kier molecular flexibility index (Phi) is 4.08. The van der Waals surface area contributed by atoms with Gasteiger partial charge in [0.05, 0.1) is 12.0 Å². The highest BCUT2D eigenvalue weighted by Gasteiger charge is 2.28. The van der Waals surface area contributed by atoms with Gasteiger partial charge < -0.3 is 10.3 Å². The number of fused-ring (bicyclic) bond motifs is 1. The number of rotatable bonds is 3. The Bertz CT molecular complexity index is 462. The summed E-state index contributed by atoms with van der Waals surface area (Å²) in [5.41, 5.74) is 2.38. The number of amides is 1. The van der Waals surface area contributed by atoms with Crippen LogP contribution in [0, 0.1) is 11.8 Å². The topological polar surface area (TPSA) is 57.8 Å². The van der Waals surface area contributed by atoms with Crippen LogP contribution in [0.5, 0.6) is 0 Å². The van der Waals surface area contributed by atoms with Crippen LogP contribution in [0.25, 0.3) is 0 Å². The molecule has 20 heavy (non-hydrogen) atoms. The summed E-state index contributed by atoms with van der Waals surface area (Å²) >= 11 is 0. The fourth-order valence-corrected chi connectivity index (χ4v) is 3.70. The fourth-order valence-electron chi connectivity index (χ4n) is 3.70. The molecule has 1 heterocycles. The molecule has 2 aliphatic carbocycles. The molecule has 3 rings (SSSR count). The van der Waals surface area contributed by atoms with E-state index in [1.54, 1.807) is 6.33 Å². The zero-order valence-corrected chi connectivity index (χ0v) is 12.3. The summed E-state index contributed by atoms with van der Waals surface area (Å²) < 4.78 is 0. The molecule has 1 aromatic heterocycles. The number of aromatic amines is 1. The predicted octanol–water partition coefficient (Wildman–Crippen LogP) is 2.60. The lowest BCUT2D eigenvalue weighted by atomic mass is 9.80. The minimum atomic E-state index is 0.165. The second-order valence-electron chi connectivity index (χ2n) is 6.46. The summed E-state index contributed by atoms with van der Waals surface area (Å²) in [6.45, 7) is 2.11. The van der Waals surface area contributed by atoms with Crippen molar-refractivity contribution in [1.29, 1.82) is 0 Å². The zero-order chi connectivity index (χ0) is 13.9. The van der Waals surface area contributed by atoms with Crippen molar-refractivity contribution in [3.8, 4) is 0 Å². The van der Waals surface area contributed by atoms with Gasteiger partial charge in [-0.2, -0.15) is 0 Å². The minimum absolute atomic E-state index is 0.165. The van der Waals surface area contributed by atoms with Crippen LogP contribution in [0.3, 0.4) is 0 Å². The predicted molar refractivity (Wildman–Crippen MR) is 78.3 cm³/mol. The third-order valence-corrected chi connectivity index (χ3v) is 5.10. The number of aryl methyl sites for hydroxylation is 1. The van der Waals surface area contributed by atoms with Gasteiger partial charge in [0, 0.05) is 24.1 Å². The van der Waals surface area contributed by atoms with Crippen LogP contribution in [0.4, 0.5) is 0 Å². The highest BCUT2D eigenvalue weighted by atomic mass is 16.1. The Hall–Kier alpha value is -1.32. The molecule has 1 saturated carbocycles. The van der Waals surface area contributed by atoms with E-state index in [9.17, 15) is 4.79 Å². The Balaban J connectivity index is 1.54. The minimum Gasteiger partial charge on any atom is -0.353 e. The highest BCUT2D eigenvalue weighted by Crippen LogP contribution is 2.30. The molecule has 110 valence electrons. The van der Waals surface area contributed by atoms with Gasteiger partial charge >= 0.3 is 0 Å². The van der Waals surface area contributed by atoms with Crippen molar-refractivity contribution >= 4 is 5.91 Å². The zero-order valence-electron chi connectivity index (χ0n) is 12.3. The third-order valence-electron chi connectivity index (χ3n) is 5.10. The van der Waals surface area contributed by atoms with Gasteiger partial charge in [-0.25, -0.2) is 4.98 Å². The highest BCUT2D eigenvalue weighted by molar-refractivity contribution is 5.79. The molecular formula is C16H25N3O. The van der Waals surface area contributed by atoms with E-state index >= 15 is 0 Å². The Labute approximate surface area is 120 Å². The average molecular weight is 275 g/mol. The Morgan fingerprint density at radius 2 is 2.15 bits per heavy atom. The number of carbonyl (C=O) groups excluding carboxylic acids is 1. The van der Waals surface area contributed by atoms with E-state index in [1.807, 2.05) is 0 Å². The lowest BCUT2D eigenvalue weighted by Gasteiger charge is -2.29. The van der Waals surface area contributed by atoms with Crippen LogP contribution in [0.1, 0.15) is 56.8 Å². The lowest BCUT2D eigenvalue weighted by Crippen LogP contribution is -2.43. The second kappa shape index (κ2) is 5.98. The summed E-state index contributed by atoms with van der Waals surface area (Å²) in [7, 11) is 0. The van der Waals surface area contributed by atoms with Crippen LogP contribution in [-0.4, -0.2) is 21.9 Å². The molecule has 1 amide bonds. The molecular weight excluding hydrogens is 250 g/mol. The van der Waals surface area contributed by atoms with Crippen LogP contribution >= 0.6 is 0 Å². The molecule has 0 bridgehead atoms. The molecule has 2 unspecified atom stereocenters. The van der Waals surface area contributed by atoms with Crippen molar-refractivity contribution in [3.63, 3.8) is 0 Å². The normalized spacial score (nSPS) is 24.9. The molecule has 0 aliphatic heterocycles. The number of hydrogen-bond acceptors (Lipinski definition) is 2. The molecule has 2 N–H and O–H groups in total. The molecule has 2 aliphatic rings. The van der Waals surface area contributed by atoms with Crippen LogP contribution in [0.15, 0.2) is 6.33 Å². The maximum Gasteiger partial charge on any atom is 0.223 e. The van der Waals surface area contributed by atoms with Gasteiger partial charge in [0.25, 0.3) is 0 Å². The maximum atomic E-state index is 12.4. The van der Waals surface area contributed by atoms with E-state index < -0.39 is 0 Å². The summed E-state index contributed by atoms with van der Waals surface area (Å²) in [5.74, 6) is 1.01. The first-order valence-electron chi connectivity index (χ1n) is 8.05. The van der Waals surface area contributed by atoms with Gasteiger partial charge in [-0.15, -0.1) is 0 Å². The van der Waals surface area contributed by atoms with E-state index in [1.165, 1.54) is 43.5 Å². The van der Waals surface area contributed by atoms with Crippen molar-refractivity contribution in [2.24, 2.45) is 11.8 Å². The van der Waals surface area contributed by atoms with Crippen molar-refractivity contribution in [3.05, 3.63) is 17.7 Å². The van der Waals surface area contributed by atoms with Crippen molar-refractivity contribution in [2.45, 2.75) is 64.3 Å². The first-order valence-corrected chi connectivity index (χ1v) is 8.05. The number of nitrogens with one attached hydrogen (secondary N) is 2. The number of carbonyl (C=O) groups is 1. The van der Waals surface area contributed by atoms with E-state index in [-0.39, 0.29) is 17.9 Å².